The number of benzene rings is 2. The van der Waals surface area contributed by atoms with Crippen molar-refractivity contribution in [3.05, 3.63) is 71.5 Å². The first-order valence-corrected chi connectivity index (χ1v) is 7.36. The van der Waals surface area contributed by atoms with Crippen molar-refractivity contribution in [3.8, 4) is 5.75 Å². The topological polar surface area (TPSA) is 55.8 Å². The molecule has 0 atom stereocenters. The molecule has 0 radical (unpaired) electrons. The quantitative estimate of drug-likeness (QED) is 0.630. The molecule has 120 valence electrons. The number of aliphatic hydroxyl groups excluding tert-OH is 1. The lowest BCUT2D eigenvalue weighted by atomic mass is 10.1. The molecule has 0 aliphatic heterocycles. The maximum absolute atomic E-state index is 11.3. The molecule has 0 unspecified atom stereocenters. The molecule has 0 fully saturated rings. The van der Waals surface area contributed by atoms with Crippen molar-refractivity contribution in [2.75, 3.05) is 0 Å². The highest BCUT2D eigenvalue weighted by atomic mass is 16.5. The van der Waals surface area contributed by atoms with Gasteiger partial charge >= 0.3 is 0 Å². The monoisotopic (exact) mass is 312 g/mol. The molecule has 1 N–H and O–H groups in total. The minimum Gasteiger partial charge on any atom is -0.447 e. The molecule has 23 heavy (non-hydrogen) atoms. The van der Waals surface area contributed by atoms with Crippen LogP contribution in [0.1, 0.15) is 25.0 Å². The second kappa shape index (κ2) is 7.75. The highest BCUT2D eigenvalue weighted by molar-refractivity contribution is 5.54. The van der Waals surface area contributed by atoms with Crippen LogP contribution in [0.2, 0.25) is 0 Å². The van der Waals surface area contributed by atoms with E-state index < -0.39 is 5.60 Å². The average Bonchev–Trinajstić information content (AvgIpc) is 2.59. The summed E-state index contributed by atoms with van der Waals surface area (Å²) in [6, 6.07) is 16.6. The Hall–Kier alpha value is -2.39. The van der Waals surface area contributed by atoms with Crippen LogP contribution < -0.4 is 4.74 Å². The third-order valence-electron chi connectivity index (χ3n) is 3.41. The molecule has 0 saturated heterocycles. The summed E-state index contributed by atoms with van der Waals surface area (Å²) in [6.07, 6.45) is 0. The molecule has 0 aliphatic rings. The fraction of sp³-hybridized carbons (Fsp3) is 0.263. The molecular formula is C19H20O4. The van der Waals surface area contributed by atoms with Crippen LogP contribution in [0, 0.1) is 0 Å². The lowest BCUT2D eigenvalue weighted by molar-refractivity contribution is -0.0226. The Balaban J connectivity index is 2.04. The van der Waals surface area contributed by atoms with Gasteiger partial charge in [-0.1, -0.05) is 42.5 Å². The van der Waals surface area contributed by atoms with Gasteiger partial charge in [-0.2, -0.15) is 0 Å². The molecule has 0 heterocycles. The third-order valence-corrected chi connectivity index (χ3v) is 3.41. The van der Waals surface area contributed by atoms with Crippen LogP contribution >= 0.6 is 0 Å². The molecule has 2 aromatic carbocycles. The van der Waals surface area contributed by atoms with E-state index >= 15 is 0 Å². The summed E-state index contributed by atoms with van der Waals surface area (Å²) in [7, 11) is 0. The summed E-state index contributed by atoms with van der Waals surface area (Å²) in [4.78, 5) is 11.3. The Morgan fingerprint density at radius 2 is 1.70 bits per heavy atom. The molecule has 2 aromatic rings. The zero-order valence-electron chi connectivity index (χ0n) is 13.3. The average molecular weight is 312 g/mol. The Morgan fingerprint density at radius 3 is 2.26 bits per heavy atom. The van der Waals surface area contributed by atoms with E-state index in [1.54, 1.807) is 38.1 Å². The number of hydrogen-bond acceptors (Lipinski definition) is 4. The molecule has 0 aliphatic carbocycles. The summed E-state index contributed by atoms with van der Waals surface area (Å²) in [5, 5.41) is 9.04. The van der Waals surface area contributed by atoms with E-state index in [9.17, 15) is 4.79 Å². The molecule has 0 saturated carbocycles. The fourth-order valence-electron chi connectivity index (χ4n) is 1.95. The predicted octanol–water partition coefficient (Wildman–Crippen LogP) is 3.27. The van der Waals surface area contributed by atoms with E-state index in [1.807, 2.05) is 36.3 Å². The lowest BCUT2D eigenvalue weighted by Crippen LogP contribution is -2.30. The van der Waals surface area contributed by atoms with Crippen LogP contribution in [0.5, 0.6) is 5.75 Å². The third kappa shape index (κ3) is 4.80. The summed E-state index contributed by atoms with van der Waals surface area (Å²) < 4.78 is 11.4. The van der Waals surface area contributed by atoms with Crippen molar-refractivity contribution in [2.45, 2.75) is 32.7 Å². The number of aliphatic hydroxyl groups is 1. The molecular weight excluding hydrogens is 292 g/mol. The summed E-state index contributed by atoms with van der Waals surface area (Å²) >= 11 is 0. The first-order valence-electron chi connectivity index (χ1n) is 7.36. The van der Waals surface area contributed by atoms with Gasteiger partial charge in [-0.05, 0) is 37.1 Å². The van der Waals surface area contributed by atoms with Crippen molar-refractivity contribution in [3.63, 3.8) is 0 Å². The number of carbonyl (C=O) groups excluding carboxylic acids is 1. The molecule has 4 nitrogen and oxygen atoms in total. The minimum atomic E-state index is -0.909. The van der Waals surface area contributed by atoms with E-state index in [1.165, 1.54) is 0 Å². The van der Waals surface area contributed by atoms with Gasteiger partial charge in [0.25, 0.3) is 0 Å². The zero-order valence-corrected chi connectivity index (χ0v) is 13.3. The number of ether oxygens (including phenoxy) is 2. The standard InChI is InChI=1S/C19H20O4/c1-19(2,22-14-16-6-4-3-5-7-16)18(13-21)23-17-10-8-15(12-20)9-11-17/h3-11,20H,12,14H2,1-2H3. The molecule has 4 heteroatoms. The van der Waals surface area contributed by atoms with Crippen molar-refractivity contribution < 1.29 is 19.4 Å². The summed E-state index contributed by atoms with van der Waals surface area (Å²) in [5.74, 6) is 2.40. The van der Waals surface area contributed by atoms with Crippen molar-refractivity contribution >= 4 is 5.94 Å². The Kier molecular flexibility index (Phi) is 5.72. The molecule has 0 amide bonds. The van der Waals surface area contributed by atoms with Gasteiger partial charge in [0.05, 0.1) is 13.2 Å². The molecule has 0 bridgehead atoms. The van der Waals surface area contributed by atoms with Crippen LogP contribution in [0.3, 0.4) is 0 Å². The highest BCUT2D eigenvalue weighted by Gasteiger charge is 2.28. The molecule has 0 aromatic heterocycles. The van der Waals surface area contributed by atoms with E-state index in [2.05, 4.69) is 0 Å². The lowest BCUT2D eigenvalue weighted by Gasteiger charge is -2.25. The molecule has 2 rings (SSSR count). The molecule has 0 spiro atoms. The van der Waals surface area contributed by atoms with Gasteiger partial charge in [0, 0.05) is 0 Å². The second-order valence-electron chi connectivity index (χ2n) is 5.62. The van der Waals surface area contributed by atoms with Crippen LogP contribution in [0.25, 0.3) is 0 Å². The Bertz CT molecular complexity index is 668. The van der Waals surface area contributed by atoms with E-state index in [0.717, 1.165) is 11.1 Å². The van der Waals surface area contributed by atoms with Crippen molar-refractivity contribution in [1.29, 1.82) is 0 Å². The normalized spacial score (nSPS) is 10.9. The van der Waals surface area contributed by atoms with E-state index in [0.29, 0.717) is 12.4 Å². The fourth-order valence-corrected chi connectivity index (χ4v) is 1.95. The van der Waals surface area contributed by atoms with Gasteiger partial charge in [0.15, 0.2) is 5.94 Å². The smallest absolute Gasteiger partial charge is 0.218 e. The minimum absolute atomic E-state index is 0.0393. The number of hydrogen-bond donors (Lipinski definition) is 1. The zero-order chi connectivity index (χ0) is 16.7. The van der Waals surface area contributed by atoms with Crippen molar-refractivity contribution in [2.24, 2.45) is 0 Å². The number of rotatable bonds is 7. The van der Waals surface area contributed by atoms with Gasteiger partial charge in [0.1, 0.15) is 11.4 Å². The van der Waals surface area contributed by atoms with Crippen LogP contribution in [0.4, 0.5) is 0 Å². The van der Waals surface area contributed by atoms with E-state index in [4.69, 9.17) is 14.6 Å². The van der Waals surface area contributed by atoms with Crippen molar-refractivity contribution in [1.82, 2.24) is 0 Å². The maximum atomic E-state index is 11.3. The van der Waals surface area contributed by atoms with Gasteiger partial charge < -0.3 is 14.6 Å². The first-order chi connectivity index (χ1) is 11.0. The first kappa shape index (κ1) is 17.0. The van der Waals surface area contributed by atoms with Crippen LogP contribution in [-0.2, 0) is 22.7 Å². The maximum Gasteiger partial charge on any atom is 0.218 e. The summed E-state index contributed by atoms with van der Waals surface area (Å²) in [6.45, 7) is 3.85. The van der Waals surface area contributed by atoms with Gasteiger partial charge in [-0.3, -0.25) is 0 Å². The van der Waals surface area contributed by atoms with E-state index in [-0.39, 0.29) is 12.4 Å². The summed E-state index contributed by atoms with van der Waals surface area (Å²) in [5.41, 5.74) is 0.874. The predicted molar refractivity (Wildman–Crippen MR) is 87.5 cm³/mol. The SMILES string of the molecule is CC(C)(OCc1ccccc1)C(=C=O)Oc1ccc(CO)cc1. The largest absolute Gasteiger partial charge is 0.447 e. The van der Waals surface area contributed by atoms with Gasteiger partial charge in [-0.15, -0.1) is 0 Å². The second-order valence-corrected chi connectivity index (χ2v) is 5.62. The Labute approximate surface area is 136 Å². The Morgan fingerprint density at radius 1 is 1.04 bits per heavy atom. The van der Waals surface area contributed by atoms with Crippen LogP contribution in [-0.4, -0.2) is 16.6 Å². The van der Waals surface area contributed by atoms with Gasteiger partial charge in [-0.25, -0.2) is 4.79 Å². The highest BCUT2D eigenvalue weighted by Crippen LogP contribution is 2.24. The van der Waals surface area contributed by atoms with Gasteiger partial charge in [0.2, 0.25) is 5.76 Å². The van der Waals surface area contributed by atoms with Crippen LogP contribution in [0.15, 0.2) is 60.4 Å².